The Balaban J connectivity index is 2.27. The second-order valence-electron chi connectivity index (χ2n) is 4.39. The molecule has 4 nitrogen and oxygen atoms in total. The first-order valence-corrected chi connectivity index (χ1v) is 8.11. The first-order valence-electron chi connectivity index (χ1n) is 6.65. The van der Waals surface area contributed by atoms with Crippen LogP contribution in [0.4, 0.5) is 0 Å². The van der Waals surface area contributed by atoms with Crippen molar-refractivity contribution in [2.45, 2.75) is 13.5 Å². The highest BCUT2D eigenvalue weighted by Gasteiger charge is 2.12. The van der Waals surface area contributed by atoms with Crippen molar-refractivity contribution in [3.05, 3.63) is 56.1 Å². The van der Waals surface area contributed by atoms with Gasteiger partial charge in [-0.05, 0) is 47.7 Å². The van der Waals surface area contributed by atoms with Gasteiger partial charge >= 0.3 is 0 Å². The summed E-state index contributed by atoms with van der Waals surface area (Å²) < 4.78 is 12.4. The minimum atomic E-state index is 0.350. The minimum Gasteiger partial charge on any atom is -0.490 e. The third kappa shape index (κ3) is 4.27. The number of rotatable bonds is 6. The number of hydrogen-bond donors (Lipinski definition) is 1. The fraction of sp³-hybridized carbons (Fsp3) is 0.188. The topological polar surface area (TPSA) is 51.0 Å². The van der Waals surface area contributed by atoms with E-state index in [-0.39, 0.29) is 0 Å². The molecule has 6 heteroatoms. The molecular formula is C16H15ClINO3. The molecule has 2 rings (SSSR count). The van der Waals surface area contributed by atoms with Gasteiger partial charge in [-0.2, -0.15) is 0 Å². The van der Waals surface area contributed by atoms with E-state index in [2.05, 4.69) is 27.7 Å². The lowest BCUT2D eigenvalue weighted by atomic mass is 10.2. The van der Waals surface area contributed by atoms with Gasteiger partial charge in [-0.15, -0.1) is 0 Å². The Morgan fingerprint density at radius 1 is 1.27 bits per heavy atom. The molecule has 2 aromatic carbocycles. The van der Waals surface area contributed by atoms with Crippen molar-refractivity contribution in [1.29, 1.82) is 0 Å². The lowest BCUT2D eigenvalue weighted by molar-refractivity contribution is 0.267. The third-order valence-electron chi connectivity index (χ3n) is 2.87. The van der Waals surface area contributed by atoms with Gasteiger partial charge in [0.25, 0.3) is 0 Å². The molecule has 2 aromatic rings. The fourth-order valence-electron chi connectivity index (χ4n) is 1.90. The molecule has 22 heavy (non-hydrogen) atoms. The quantitative estimate of drug-likeness (QED) is 0.311. The van der Waals surface area contributed by atoms with E-state index in [9.17, 15) is 0 Å². The summed E-state index contributed by atoms with van der Waals surface area (Å²) in [7, 11) is 0. The van der Waals surface area contributed by atoms with E-state index >= 15 is 0 Å². The van der Waals surface area contributed by atoms with E-state index in [0.29, 0.717) is 29.7 Å². The summed E-state index contributed by atoms with van der Waals surface area (Å²) in [6.45, 7) is 2.76. The van der Waals surface area contributed by atoms with Crippen molar-refractivity contribution in [3.63, 3.8) is 0 Å². The van der Waals surface area contributed by atoms with Gasteiger partial charge in [0.1, 0.15) is 6.61 Å². The number of nitrogens with zero attached hydrogens (tertiary/aromatic N) is 1. The number of oxime groups is 1. The van der Waals surface area contributed by atoms with E-state index < -0.39 is 0 Å². The van der Waals surface area contributed by atoms with Gasteiger partial charge in [0.15, 0.2) is 11.5 Å². The zero-order valence-corrected chi connectivity index (χ0v) is 14.8. The monoisotopic (exact) mass is 431 g/mol. The summed E-state index contributed by atoms with van der Waals surface area (Å²) in [4.78, 5) is 0. The summed E-state index contributed by atoms with van der Waals surface area (Å²) in [6.07, 6.45) is 1.35. The molecule has 0 spiro atoms. The molecule has 0 heterocycles. The number of ether oxygens (including phenoxy) is 2. The maximum absolute atomic E-state index is 8.66. The SMILES string of the molecule is CCOc1cc(/C=N\O)cc(I)c1OCc1ccccc1Cl. The van der Waals surface area contributed by atoms with Gasteiger partial charge in [0, 0.05) is 16.1 Å². The number of benzene rings is 2. The Hall–Kier alpha value is -1.47. The predicted octanol–water partition coefficient (Wildman–Crippen LogP) is 4.73. The van der Waals surface area contributed by atoms with Crippen molar-refractivity contribution in [2.24, 2.45) is 5.16 Å². The standard InChI is InChI=1S/C16H15ClINO3/c1-2-21-15-8-11(9-19-20)7-14(18)16(15)22-10-12-5-3-4-6-13(12)17/h3-9,20H,2,10H2,1H3/b19-9-. The van der Waals surface area contributed by atoms with E-state index in [1.807, 2.05) is 37.3 Å². The Morgan fingerprint density at radius 2 is 2.05 bits per heavy atom. The fourth-order valence-corrected chi connectivity index (χ4v) is 2.87. The molecule has 0 fully saturated rings. The van der Waals surface area contributed by atoms with Crippen molar-refractivity contribution in [3.8, 4) is 11.5 Å². The lowest BCUT2D eigenvalue weighted by Crippen LogP contribution is -2.03. The second-order valence-corrected chi connectivity index (χ2v) is 5.96. The second kappa shape index (κ2) is 8.24. The van der Waals surface area contributed by atoms with Crippen LogP contribution in [0.15, 0.2) is 41.6 Å². The minimum absolute atomic E-state index is 0.350. The molecule has 0 aliphatic heterocycles. The molecule has 0 aliphatic carbocycles. The molecule has 0 bridgehead atoms. The highest BCUT2D eigenvalue weighted by Crippen LogP contribution is 2.35. The average molecular weight is 432 g/mol. The molecule has 0 saturated heterocycles. The van der Waals surface area contributed by atoms with Crippen molar-refractivity contribution in [2.75, 3.05) is 6.61 Å². The predicted molar refractivity (Wildman–Crippen MR) is 95.5 cm³/mol. The molecule has 0 aliphatic rings. The van der Waals surface area contributed by atoms with E-state index in [4.69, 9.17) is 26.3 Å². The van der Waals surface area contributed by atoms with Gasteiger partial charge in [-0.1, -0.05) is 35.0 Å². The number of halogens is 2. The first kappa shape index (κ1) is 16.9. The molecule has 116 valence electrons. The molecule has 0 amide bonds. The van der Waals surface area contributed by atoms with Crippen LogP contribution in [0.1, 0.15) is 18.1 Å². The average Bonchev–Trinajstić information content (AvgIpc) is 2.49. The third-order valence-corrected chi connectivity index (χ3v) is 4.04. The Bertz CT molecular complexity index is 676. The van der Waals surface area contributed by atoms with E-state index in [0.717, 1.165) is 14.7 Å². The van der Waals surface area contributed by atoms with Gasteiger partial charge in [0.05, 0.1) is 16.4 Å². The van der Waals surface area contributed by atoms with Gasteiger partial charge in [-0.3, -0.25) is 0 Å². The van der Waals surface area contributed by atoms with Crippen LogP contribution in [0.3, 0.4) is 0 Å². The summed E-state index contributed by atoms with van der Waals surface area (Å²) >= 11 is 8.30. The van der Waals surface area contributed by atoms with Crippen LogP contribution in [-0.4, -0.2) is 18.0 Å². The summed E-state index contributed by atoms with van der Waals surface area (Å²) in [5.41, 5.74) is 1.64. The lowest BCUT2D eigenvalue weighted by Gasteiger charge is -2.15. The van der Waals surface area contributed by atoms with E-state index in [1.54, 1.807) is 6.07 Å². The Kier molecular flexibility index (Phi) is 6.33. The van der Waals surface area contributed by atoms with Gasteiger partial charge in [0.2, 0.25) is 0 Å². The van der Waals surface area contributed by atoms with Crippen LogP contribution in [-0.2, 0) is 6.61 Å². The van der Waals surface area contributed by atoms with Crippen molar-refractivity contribution < 1.29 is 14.7 Å². The van der Waals surface area contributed by atoms with Gasteiger partial charge < -0.3 is 14.7 Å². The number of hydrogen-bond acceptors (Lipinski definition) is 4. The summed E-state index contributed by atoms with van der Waals surface area (Å²) in [5.74, 6) is 1.26. The normalized spacial score (nSPS) is 10.9. The molecule has 0 radical (unpaired) electrons. The van der Waals surface area contributed by atoms with Crippen LogP contribution in [0, 0.1) is 3.57 Å². The smallest absolute Gasteiger partial charge is 0.175 e. The Labute approximate surface area is 147 Å². The Morgan fingerprint density at radius 3 is 2.73 bits per heavy atom. The molecule has 0 unspecified atom stereocenters. The summed E-state index contributed by atoms with van der Waals surface area (Å²) in [5, 5.41) is 12.4. The molecule has 0 aromatic heterocycles. The van der Waals surface area contributed by atoms with Crippen molar-refractivity contribution in [1.82, 2.24) is 0 Å². The summed E-state index contributed by atoms with van der Waals surface area (Å²) in [6, 6.07) is 11.2. The maximum atomic E-state index is 8.66. The van der Waals surface area contributed by atoms with Gasteiger partial charge in [-0.25, -0.2) is 0 Å². The van der Waals surface area contributed by atoms with Crippen LogP contribution in [0.25, 0.3) is 0 Å². The molecule has 0 saturated carbocycles. The van der Waals surface area contributed by atoms with Crippen molar-refractivity contribution >= 4 is 40.4 Å². The largest absolute Gasteiger partial charge is 0.490 e. The maximum Gasteiger partial charge on any atom is 0.175 e. The molecule has 0 atom stereocenters. The zero-order chi connectivity index (χ0) is 15.9. The molecule has 1 N–H and O–H groups in total. The van der Waals surface area contributed by atoms with Crippen LogP contribution >= 0.6 is 34.2 Å². The highest BCUT2D eigenvalue weighted by molar-refractivity contribution is 14.1. The van der Waals surface area contributed by atoms with Crippen LogP contribution < -0.4 is 9.47 Å². The van der Waals surface area contributed by atoms with Crippen LogP contribution in [0.2, 0.25) is 5.02 Å². The first-order chi connectivity index (χ1) is 10.7. The highest BCUT2D eigenvalue weighted by atomic mass is 127. The zero-order valence-electron chi connectivity index (χ0n) is 11.9. The van der Waals surface area contributed by atoms with E-state index in [1.165, 1.54) is 6.21 Å². The molecular weight excluding hydrogens is 417 g/mol. The van der Waals surface area contributed by atoms with Crippen LogP contribution in [0.5, 0.6) is 11.5 Å².